The fraction of sp³-hybridized carbons (Fsp3) is 0.294. The summed E-state index contributed by atoms with van der Waals surface area (Å²) < 4.78 is 0. The van der Waals surface area contributed by atoms with E-state index in [1.807, 2.05) is 12.1 Å². The van der Waals surface area contributed by atoms with Crippen LogP contribution in [0.4, 0.5) is 11.4 Å². The Morgan fingerprint density at radius 3 is 2.26 bits per heavy atom. The van der Waals surface area contributed by atoms with Crippen LogP contribution in [0.2, 0.25) is 0 Å². The maximum absolute atomic E-state index is 6.06. The van der Waals surface area contributed by atoms with Crippen LogP contribution in [0.5, 0.6) is 0 Å². The molecule has 0 aliphatic carbocycles. The van der Waals surface area contributed by atoms with Gasteiger partial charge in [0.15, 0.2) is 0 Å². The van der Waals surface area contributed by atoms with Crippen molar-refractivity contribution in [1.29, 1.82) is 0 Å². The van der Waals surface area contributed by atoms with Crippen molar-refractivity contribution in [2.24, 2.45) is 0 Å². The van der Waals surface area contributed by atoms with Crippen molar-refractivity contribution in [3.05, 3.63) is 58.7 Å². The van der Waals surface area contributed by atoms with Crippen molar-refractivity contribution in [1.82, 2.24) is 0 Å². The average molecular weight is 254 g/mol. The highest BCUT2D eigenvalue weighted by atomic mass is 15.1. The number of anilines is 2. The van der Waals surface area contributed by atoms with Gasteiger partial charge in [0.25, 0.3) is 0 Å². The molecule has 2 aromatic rings. The number of hydrogen-bond donors (Lipinski definition) is 1. The summed E-state index contributed by atoms with van der Waals surface area (Å²) in [5.74, 6) is 0. The minimum Gasteiger partial charge on any atom is -0.397 e. The standard InChI is InChI=1S/C17H22N2/c1-12-5-7-15(14(3)9-12)11-19(4)17-10-13(2)6-8-16(17)18/h5-10H,11,18H2,1-4H3. The third-order valence-corrected chi connectivity index (χ3v) is 3.50. The minimum absolute atomic E-state index is 0.831. The molecule has 2 N–H and O–H groups in total. The summed E-state index contributed by atoms with van der Waals surface area (Å²) >= 11 is 0. The third kappa shape index (κ3) is 3.08. The first kappa shape index (κ1) is 13.5. The first-order valence-corrected chi connectivity index (χ1v) is 6.61. The van der Waals surface area contributed by atoms with Gasteiger partial charge >= 0.3 is 0 Å². The second kappa shape index (κ2) is 5.35. The van der Waals surface area contributed by atoms with Crippen LogP contribution in [-0.4, -0.2) is 7.05 Å². The molecular weight excluding hydrogens is 232 g/mol. The molecule has 0 spiro atoms. The van der Waals surface area contributed by atoms with E-state index in [9.17, 15) is 0 Å². The number of aryl methyl sites for hydroxylation is 3. The van der Waals surface area contributed by atoms with E-state index in [0.717, 1.165) is 17.9 Å². The van der Waals surface area contributed by atoms with E-state index < -0.39 is 0 Å². The molecule has 2 rings (SSSR count). The van der Waals surface area contributed by atoms with Gasteiger partial charge in [0.1, 0.15) is 0 Å². The Balaban J connectivity index is 2.25. The molecule has 0 heterocycles. The Kier molecular flexibility index (Phi) is 3.79. The Labute approximate surface area is 115 Å². The molecule has 0 fully saturated rings. The molecular formula is C17H22N2. The van der Waals surface area contributed by atoms with Gasteiger partial charge < -0.3 is 10.6 Å². The summed E-state index contributed by atoms with van der Waals surface area (Å²) in [4.78, 5) is 2.21. The second-order valence-corrected chi connectivity index (χ2v) is 5.35. The fourth-order valence-electron chi connectivity index (χ4n) is 2.35. The lowest BCUT2D eigenvalue weighted by Gasteiger charge is -2.22. The monoisotopic (exact) mass is 254 g/mol. The molecule has 0 bridgehead atoms. The molecule has 0 saturated carbocycles. The van der Waals surface area contributed by atoms with E-state index in [-0.39, 0.29) is 0 Å². The quantitative estimate of drug-likeness (QED) is 0.843. The van der Waals surface area contributed by atoms with Crippen LogP contribution >= 0.6 is 0 Å². The van der Waals surface area contributed by atoms with Gasteiger partial charge in [-0.1, -0.05) is 29.8 Å². The van der Waals surface area contributed by atoms with Gasteiger partial charge in [-0.15, -0.1) is 0 Å². The van der Waals surface area contributed by atoms with Crippen molar-refractivity contribution in [2.75, 3.05) is 17.7 Å². The van der Waals surface area contributed by atoms with E-state index in [0.29, 0.717) is 0 Å². The third-order valence-electron chi connectivity index (χ3n) is 3.50. The molecule has 2 nitrogen and oxygen atoms in total. The lowest BCUT2D eigenvalue weighted by atomic mass is 10.0. The zero-order chi connectivity index (χ0) is 14.0. The zero-order valence-corrected chi connectivity index (χ0v) is 12.2. The van der Waals surface area contributed by atoms with Crippen LogP contribution in [-0.2, 0) is 6.54 Å². The molecule has 2 heteroatoms. The molecule has 0 radical (unpaired) electrons. The Morgan fingerprint density at radius 1 is 0.947 bits per heavy atom. The van der Waals surface area contributed by atoms with Crippen LogP contribution in [0.15, 0.2) is 36.4 Å². The number of nitrogens with two attached hydrogens (primary N) is 1. The molecule has 0 saturated heterocycles. The van der Waals surface area contributed by atoms with Crippen LogP contribution in [0.3, 0.4) is 0 Å². The fourth-order valence-corrected chi connectivity index (χ4v) is 2.35. The van der Waals surface area contributed by atoms with Gasteiger partial charge in [0.2, 0.25) is 0 Å². The SMILES string of the molecule is Cc1ccc(CN(C)c2cc(C)ccc2N)c(C)c1. The van der Waals surface area contributed by atoms with Gasteiger partial charge in [-0.05, 0) is 49.6 Å². The van der Waals surface area contributed by atoms with Crippen molar-refractivity contribution in [3.63, 3.8) is 0 Å². The van der Waals surface area contributed by atoms with E-state index in [4.69, 9.17) is 5.73 Å². The predicted octanol–water partition coefficient (Wildman–Crippen LogP) is 3.83. The van der Waals surface area contributed by atoms with Crippen molar-refractivity contribution in [2.45, 2.75) is 27.3 Å². The van der Waals surface area contributed by atoms with E-state index in [2.05, 4.69) is 57.0 Å². The highest BCUT2D eigenvalue weighted by molar-refractivity contribution is 5.68. The maximum atomic E-state index is 6.06. The highest BCUT2D eigenvalue weighted by Gasteiger charge is 2.08. The van der Waals surface area contributed by atoms with E-state index in [1.54, 1.807) is 0 Å². The Morgan fingerprint density at radius 2 is 1.58 bits per heavy atom. The molecule has 19 heavy (non-hydrogen) atoms. The molecule has 0 aliphatic heterocycles. The summed E-state index contributed by atoms with van der Waals surface area (Å²) in [7, 11) is 2.09. The normalized spacial score (nSPS) is 10.5. The number of rotatable bonds is 3. The van der Waals surface area contributed by atoms with Gasteiger partial charge in [-0.3, -0.25) is 0 Å². The number of hydrogen-bond acceptors (Lipinski definition) is 2. The van der Waals surface area contributed by atoms with Gasteiger partial charge in [-0.2, -0.15) is 0 Å². The van der Waals surface area contributed by atoms with Crippen molar-refractivity contribution < 1.29 is 0 Å². The summed E-state index contributed by atoms with van der Waals surface area (Å²) in [6, 6.07) is 12.7. The summed E-state index contributed by atoms with van der Waals surface area (Å²) in [6.07, 6.45) is 0. The molecule has 0 unspecified atom stereocenters. The largest absolute Gasteiger partial charge is 0.397 e. The Bertz CT molecular complexity index is 588. The topological polar surface area (TPSA) is 29.3 Å². The lowest BCUT2D eigenvalue weighted by Crippen LogP contribution is -2.18. The van der Waals surface area contributed by atoms with Gasteiger partial charge in [0.05, 0.1) is 11.4 Å². The molecule has 2 aromatic carbocycles. The molecule has 0 amide bonds. The number of benzene rings is 2. The summed E-state index contributed by atoms with van der Waals surface area (Å²) in [5, 5.41) is 0. The van der Waals surface area contributed by atoms with Crippen molar-refractivity contribution in [3.8, 4) is 0 Å². The summed E-state index contributed by atoms with van der Waals surface area (Å²) in [5.41, 5.74) is 13.2. The molecule has 0 atom stereocenters. The van der Waals surface area contributed by atoms with Crippen LogP contribution in [0, 0.1) is 20.8 Å². The summed E-state index contributed by atoms with van der Waals surface area (Å²) in [6.45, 7) is 7.25. The van der Waals surface area contributed by atoms with Crippen molar-refractivity contribution >= 4 is 11.4 Å². The second-order valence-electron chi connectivity index (χ2n) is 5.35. The smallest absolute Gasteiger partial charge is 0.0603 e. The van der Waals surface area contributed by atoms with Crippen LogP contribution in [0.25, 0.3) is 0 Å². The first-order valence-electron chi connectivity index (χ1n) is 6.61. The maximum Gasteiger partial charge on any atom is 0.0603 e. The number of nitrogens with zero attached hydrogens (tertiary/aromatic N) is 1. The van der Waals surface area contributed by atoms with E-state index >= 15 is 0 Å². The van der Waals surface area contributed by atoms with E-state index in [1.165, 1.54) is 22.3 Å². The Hall–Kier alpha value is -1.96. The average Bonchev–Trinajstić information content (AvgIpc) is 2.35. The highest BCUT2D eigenvalue weighted by Crippen LogP contribution is 2.25. The molecule has 100 valence electrons. The minimum atomic E-state index is 0.831. The lowest BCUT2D eigenvalue weighted by molar-refractivity contribution is 0.914. The van der Waals surface area contributed by atoms with Crippen LogP contribution in [0.1, 0.15) is 22.3 Å². The first-order chi connectivity index (χ1) is 8.97. The van der Waals surface area contributed by atoms with Gasteiger partial charge in [-0.25, -0.2) is 0 Å². The number of nitrogen functional groups attached to an aromatic ring is 1. The molecule has 0 aliphatic rings. The predicted molar refractivity (Wildman–Crippen MR) is 83.6 cm³/mol. The van der Waals surface area contributed by atoms with Gasteiger partial charge in [0, 0.05) is 13.6 Å². The van der Waals surface area contributed by atoms with Crippen LogP contribution < -0.4 is 10.6 Å². The molecule has 0 aromatic heterocycles. The zero-order valence-electron chi connectivity index (χ0n) is 12.2.